The minimum atomic E-state index is -0.228. The summed E-state index contributed by atoms with van der Waals surface area (Å²) >= 11 is 0. The van der Waals surface area contributed by atoms with Crippen LogP contribution in [-0.2, 0) is 0 Å². The van der Waals surface area contributed by atoms with Crippen molar-refractivity contribution in [3.8, 4) is 0 Å². The average Bonchev–Trinajstić information content (AvgIpc) is 2.54. The van der Waals surface area contributed by atoms with Crippen molar-refractivity contribution < 1.29 is 10.2 Å². The Bertz CT molecular complexity index is 163. The lowest BCUT2D eigenvalue weighted by Crippen LogP contribution is -2.47. The molecule has 0 aromatic heterocycles. The second-order valence-electron chi connectivity index (χ2n) is 4.86. The van der Waals surface area contributed by atoms with Gasteiger partial charge in [0, 0.05) is 5.41 Å². The van der Waals surface area contributed by atoms with E-state index in [-0.39, 0.29) is 18.1 Å². The van der Waals surface area contributed by atoms with E-state index in [0.717, 1.165) is 12.8 Å². The molecule has 13 heavy (non-hydrogen) atoms. The molecule has 2 nitrogen and oxygen atoms in total. The van der Waals surface area contributed by atoms with Crippen molar-refractivity contribution >= 4 is 0 Å². The minimum Gasteiger partial charge on any atom is -0.396 e. The third kappa shape index (κ3) is 1.50. The summed E-state index contributed by atoms with van der Waals surface area (Å²) in [6.45, 7) is 0.185. The summed E-state index contributed by atoms with van der Waals surface area (Å²) in [5, 5.41) is 19.5. The molecule has 2 heteroatoms. The maximum Gasteiger partial charge on any atom is 0.0646 e. The predicted octanol–water partition coefficient (Wildman–Crippen LogP) is 1.70. The highest BCUT2D eigenvalue weighted by atomic mass is 16.3. The first-order chi connectivity index (χ1) is 6.28. The third-order valence-electron chi connectivity index (χ3n) is 4.14. The van der Waals surface area contributed by atoms with E-state index in [1.165, 1.54) is 32.1 Å². The van der Waals surface area contributed by atoms with E-state index in [9.17, 15) is 10.2 Å². The molecular weight excluding hydrogens is 164 g/mol. The van der Waals surface area contributed by atoms with Crippen LogP contribution in [0.25, 0.3) is 0 Å². The fourth-order valence-corrected chi connectivity index (χ4v) is 2.95. The number of hydrogen-bond donors (Lipinski definition) is 2. The highest BCUT2D eigenvalue weighted by Crippen LogP contribution is 2.48. The summed E-state index contributed by atoms with van der Waals surface area (Å²) < 4.78 is 0. The Labute approximate surface area is 80.0 Å². The molecule has 1 atom stereocenters. The average molecular weight is 184 g/mol. The van der Waals surface area contributed by atoms with E-state index < -0.39 is 0 Å². The molecule has 0 heterocycles. The quantitative estimate of drug-likeness (QED) is 0.701. The minimum absolute atomic E-state index is 0.102. The molecule has 0 spiro atoms. The Morgan fingerprint density at radius 2 is 1.77 bits per heavy atom. The van der Waals surface area contributed by atoms with E-state index in [0.29, 0.717) is 5.92 Å². The van der Waals surface area contributed by atoms with Crippen LogP contribution in [0.1, 0.15) is 44.9 Å². The number of rotatable bonds is 3. The Morgan fingerprint density at radius 3 is 2.15 bits per heavy atom. The molecule has 2 rings (SSSR count). The van der Waals surface area contributed by atoms with Crippen molar-refractivity contribution in [1.82, 2.24) is 0 Å². The van der Waals surface area contributed by atoms with E-state index >= 15 is 0 Å². The largest absolute Gasteiger partial charge is 0.396 e. The van der Waals surface area contributed by atoms with Gasteiger partial charge in [-0.2, -0.15) is 0 Å². The highest BCUT2D eigenvalue weighted by molar-refractivity contribution is 4.96. The first-order valence-corrected chi connectivity index (χ1v) is 5.57. The van der Waals surface area contributed by atoms with Gasteiger partial charge in [0.1, 0.15) is 0 Å². The van der Waals surface area contributed by atoms with Gasteiger partial charge in [-0.15, -0.1) is 0 Å². The zero-order chi connectivity index (χ0) is 9.31. The van der Waals surface area contributed by atoms with E-state index in [1.54, 1.807) is 0 Å². The fourth-order valence-electron chi connectivity index (χ4n) is 2.95. The molecule has 0 amide bonds. The summed E-state index contributed by atoms with van der Waals surface area (Å²) in [6.07, 6.45) is 7.89. The smallest absolute Gasteiger partial charge is 0.0646 e. The molecule has 2 fully saturated rings. The fraction of sp³-hybridized carbons (Fsp3) is 1.00. The van der Waals surface area contributed by atoms with Crippen LogP contribution in [0.15, 0.2) is 0 Å². The second-order valence-corrected chi connectivity index (χ2v) is 4.86. The van der Waals surface area contributed by atoms with Crippen LogP contribution < -0.4 is 0 Å². The van der Waals surface area contributed by atoms with Crippen molar-refractivity contribution in [3.05, 3.63) is 0 Å². The van der Waals surface area contributed by atoms with Gasteiger partial charge in [-0.1, -0.05) is 19.3 Å². The SMILES string of the molecule is OCC1(C(O)C2CCCC2)CCC1. The van der Waals surface area contributed by atoms with Crippen molar-refractivity contribution in [2.75, 3.05) is 6.61 Å². The topological polar surface area (TPSA) is 40.5 Å². The lowest BCUT2D eigenvalue weighted by atomic mass is 9.62. The molecule has 0 bridgehead atoms. The van der Waals surface area contributed by atoms with Crippen LogP contribution in [0, 0.1) is 11.3 Å². The van der Waals surface area contributed by atoms with Crippen LogP contribution in [-0.4, -0.2) is 22.9 Å². The van der Waals surface area contributed by atoms with Crippen LogP contribution >= 0.6 is 0 Å². The van der Waals surface area contributed by atoms with Crippen LogP contribution in [0.4, 0.5) is 0 Å². The standard InChI is InChI=1S/C11H20O2/c12-8-11(6-3-7-11)10(13)9-4-1-2-5-9/h9-10,12-13H,1-8H2. The summed E-state index contributed by atoms with van der Waals surface area (Å²) in [5.41, 5.74) is -0.102. The summed E-state index contributed by atoms with van der Waals surface area (Å²) in [6, 6.07) is 0. The van der Waals surface area contributed by atoms with Crippen molar-refractivity contribution in [3.63, 3.8) is 0 Å². The molecule has 2 saturated carbocycles. The number of hydrogen-bond acceptors (Lipinski definition) is 2. The molecule has 2 aliphatic carbocycles. The monoisotopic (exact) mass is 184 g/mol. The maximum atomic E-state index is 10.2. The van der Waals surface area contributed by atoms with Crippen LogP contribution in [0.5, 0.6) is 0 Å². The van der Waals surface area contributed by atoms with Crippen LogP contribution in [0.2, 0.25) is 0 Å². The molecule has 0 aromatic rings. The molecule has 0 radical (unpaired) electrons. The van der Waals surface area contributed by atoms with Gasteiger partial charge in [0.15, 0.2) is 0 Å². The number of aliphatic hydroxyl groups is 2. The summed E-state index contributed by atoms with van der Waals surface area (Å²) in [4.78, 5) is 0. The van der Waals surface area contributed by atoms with Gasteiger partial charge in [-0.3, -0.25) is 0 Å². The van der Waals surface area contributed by atoms with E-state index in [4.69, 9.17) is 0 Å². The molecule has 1 unspecified atom stereocenters. The Morgan fingerprint density at radius 1 is 1.15 bits per heavy atom. The van der Waals surface area contributed by atoms with E-state index in [2.05, 4.69) is 0 Å². The highest BCUT2D eigenvalue weighted by Gasteiger charge is 2.46. The van der Waals surface area contributed by atoms with Gasteiger partial charge >= 0.3 is 0 Å². The van der Waals surface area contributed by atoms with Crippen LogP contribution in [0.3, 0.4) is 0 Å². The second kappa shape index (κ2) is 3.58. The molecule has 0 aliphatic heterocycles. The Kier molecular flexibility index (Phi) is 2.61. The van der Waals surface area contributed by atoms with Crippen molar-refractivity contribution in [1.29, 1.82) is 0 Å². The van der Waals surface area contributed by atoms with Gasteiger partial charge in [-0.25, -0.2) is 0 Å². The normalized spacial score (nSPS) is 30.0. The van der Waals surface area contributed by atoms with Gasteiger partial charge in [-0.05, 0) is 31.6 Å². The van der Waals surface area contributed by atoms with Crippen molar-refractivity contribution in [2.24, 2.45) is 11.3 Å². The maximum absolute atomic E-state index is 10.2. The molecule has 0 aromatic carbocycles. The Balaban J connectivity index is 1.97. The molecule has 76 valence electrons. The molecular formula is C11H20O2. The Hall–Kier alpha value is -0.0800. The zero-order valence-electron chi connectivity index (χ0n) is 8.21. The summed E-state index contributed by atoms with van der Waals surface area (Å²) in [7, 11) is 0. The number of aliphatic hydroxyl groups excluding tert-OH is 2. The molecule has 2 N–H and O–H groups in total. The van der Waals surface area contributed by atoms with E-state index in [1.807, 2.05) is 0 Å². The molecule has 2 aliphatic rings. The zero-order valence-corrected chi connectivity index (χ0v) is 8.21. The first kappa shape index (κ1) is 9.47. The van der Waals surface area contributed by atoms with Gasteiger partial charge < -0.3 is 10.2 Å². The molecule has 0 saturated heterocycles. The summed E-state index contributed by atoms with van der Waals surface area (Å²) in [5.74, 6) is 0.479. The first-order valence-electron chi connectivity index (χ1n) is 5.57. The van der Waals surface area contributed by atoms with Gasteiger partial charge in [0.2, 0.25) is 0 Å². The van der Waals surface area contributed by atoms with Gasteiger partial charge in [0.25, 0.3) is 0 Å². The van der Waals surface area contributed by atoms with Gasteiger partial charge in [0.05, 0.1) is 12.7 Å². The van der Waals surface area contributed by atoms with Crippen molar-refractivity contribution in [2.45, 2.75) is 51.0 Å². The lowest BCUT2D eigenvalue weighted by molar-refractivity contribution is -0.0967. The predicted molar refractivity (Wildman–Crippen MR) is 51.3 cm³/mol. The third-order valence-corrected chi connectivity index (χ3v) is 4.14. The lowest BCUT2D eigenvalue weighted by Gasteiger charge is -2.46.